The molecule has 0 aliphatic rings. The van der Waals surface area contributed by atoms with Crippen molar-refractivity contribution >= 4 is 17.5 Å². The zero-order valence-electron chi connectivity index (χ0n) is 13.2. The Balaban J connectivity index is 1.90. The van der Waals surface area contributed by atoms with E-state index in [9.17, 15) is 9.18 Å². The summed E-state index contributed by atoms with van der Waals surface area (Å²) in [6.45, 7) is 2.70. The number of hydrogen-bond acceptors (Lipinski definition) is 2. The third-order valence-corrected chi connectivity index (χ3v) is 4.14. The molecule has 1 atom stereocenters. The van der Waals surface area contributed by atoms with Crippen LogP contribution < -0.4 is 5.32 Å². The van der Waals surface area contributed by atoms with Crippen LogP contribution in [0.3, 0.4) is 0 Å². The molecule has 0 spiro atoms. The molecule has 122 valence electrons. The lowest BCUT2D eigenvalue weighted by Gasteiger charge is -2.24. The van der Waals surface area contributed by atoms with Crippen LogP contribution in [0.15, 0.2) is 48.5 Å². The summed E-state index contributed by atoms with van der Waals surface area (Å²) < 4.78 is 13.2. The lowest BCUT2D eigenvalue weighted by molar-refractivity contribution is -0.125. The van der Waals surface area contributed by atoms with Crippen LogP contribution in [-0.2, 0) is 17.9 Å². The molecule has 0 aliphatic heterocycles. The van der Waals surface area contributed by atoms with Gasteiger partial charge in [-0.05, 0) is 43.3 Å². The highest BCUT2D eigenvalue weighted by atomic mass is 35.5. The van der Waals surface area contributed by atoms with Crippen molar-refractivity contribution in [3.63, 3.8) is 0 Å². The Morgan fingerprint density at radius 2 is 2.00 bits per heavy atom. The highest BCUT2D eigenvalue weighted by Gasteiger charge is 2.18. The monoisotopic (exact) mass is 334 g/mol. The molecule has 5 heteroatoms. The second-order valence-corrected chi connectivity index (χ2v) is 5.94. The van der Waals surface area contributed by atoms with Gasteiger partial charge in [-0.3, -0.25) is 9.69 Å². The number of likely N-dealkylation sites (N-methyl/N-ethyl adjacent to an activating group) is 1. The number of rotatable bonds is 6. The van der Waals surface area contributed by atoms with Gasteiger partial charge in [0.1, 0.15) is 5.82 Å². The van der Waals surface area contributed by atoms with E-state index in [-0.39, 0.29) is 17.8 Å². The van der Waals surface area contributed by atoms with E-state index >= 15 is 0 Å². The maximum atomic E-state index is 13.2. The molecule has 23 heavy (non-hydrogen) atoms. The van der Waals surface area contributed by atoms with Crippen LogP contribution in [0.4, 0.5) is 4.39 Å². The van der Waals surface area contributed by atoms with Crippen LogP contribution in [0.1, 0.15) is 18.1 Å². The molecule has 0 fully saturated rings. The normalized spacial score (nSPS) is 12.2. The number of amides is 1. The van der Waals surface area contributed by atoms with Crippen molar-refractivity contribution in [1.82, 2.24) is 10.2 Å². The summed E-state index contributed by atoms with van der Waals surface area (Å²) in [6, 6.07) is 13.5. The van der Waals surface area contributed by atoms with Crippen molar-refractivity contribution in [2.24, 2.45) is 0 Å². The molecule has 0 bridgehead atoms. The fourth-order valence-corrected chi connectivity index (χ4v) is 2.43. The van der Waals surface area contributed by atoms with Gasteiger partial charge in [-0.1, -0.05) is 41.9 Å². The molecule has 1 unspecified atom stereocenters. The Morgan fingerprint density at radius 1 is 1.26 bits per heavy atom. The Kier molecular flexibility index (Phi) is 6.13. The van der Waals surface area contributed by atoms with Crippen LogP contribution in [0.2, 0.25) is 5.02 Å². The van der Waals surface area contributed by atoms with E-state index in [2.05, 4.69) is 5.32 Å². The van der Waals surface area contributed by atoms with Gasteiger partial charge in [0.2, 0.25) is 5.91 Å². The smallest absolute Gasteiger partial charge is 0.237 e. The average Bonchev–Trinajstić information content (AvgIpc) is 2.53. The van der Waals surface area contributed by atoms with Gasteiger partial charge in [0.25, 0.3) is 0 Å². The van der Waals surface area contributed by atoms with Crippen molar-refractivity contribution in [3.8, 4) is 0 Å². The van der Waals surface area contributed by atoms with Crippen molar-refractivity contribution in [3.05, 3.63) is 70.5 Å². The highest BCUT2D eigenvalue weighted by Crippen LogP contribution is 2.14. The Labute approximate surface area is 141 Å². The van der Waals surface area contributed by atoms with Crippen molar-refractivity contribution in [2.45, 2.75) is 26.1 Å². The van der Waals surface area contributed by atoms with Gasteiger partial charge in [-0.2, -0.15) is 0 Å². The van der Waals surface area contributed by atoms with Gasteiger partial charge in [-0.25, -0.2) is 4.39 Å². The number of nitrogens with zero attached hydrogens (tertiary/aromatic N) is 1. The fraction of sp³-hybridized carbons (Fsp3) is 0.278. The predicted octanol–water partition coefficient (Wildman–Crippen LogP) is 3.62. The molecular formula is C18H20ClFN2O. The summed E-state index contributed by atoms with van der Waals surface area (Å²) >= 11 is 6.07. The van der Waals surface area contributed by atoms with E-state index < -0.39 is 0 Å². The summed E-state index contributed by atoms with van der Waals surface area (Å²) in [5.74, 6) is -0.365. The topological polar surface area (TPSA) is 32.3 Å². The maximum absolute atomic E-state index is 13.2. The molecular weight excluding hydrogens is 315 g/mol. The molecule has 2 rings (SSSR count). The molecule has 1 N–H and O–H groups in total. The quantitative estimate of drug-likeness (QED) is 0.875. The lowest BCUT2D eigenvalue weighted by atomic mass is 10.1. The summed E-state index contributed by atoms with van der Waals surface area (Å²) in [5.41, 5.74) is 1.71. The minimum atomic E-state index is -0.333. The largest absolute Gasteiger partial charge is 0.351 e. The van der Waals surface area contributed by atoms with E-state index in [0.717, 1.165) is 11.1 Å². The molecule has 0 aliphatic carbocycles. The minimum Gasteiger partial charge on any atom is -0.351 e. The zero-order chi connectivity index (χ0) is 16.8. The maximum Gasteiger partial charge on any atom is 0.237 e. The number of halogens is 2. The molecule has 0 radical (unpaired) electrons. The van der Waals surface area contributed by atoms with Crippen LogP contribution in [0, 0.1) is 5.82 Å². The number of carbonyl (C=O) groups is 1. The second kappa shape index (κ2) is 8.09. The summed E-state index contributed by atoms with van der Waals surface area (Å²) in [6.07, 6.45) is 0. The van der Waals surface area contributed by atoms with Crippen molar-refractivity contribution < 1.29 is 9.18 Å². The van der Waals surface area contributed by atoms with Gasteiger partial charge in [0.15, 0.2) is 0 Å². The van der Waals surface area contributed by atoms with Crippen molar-refractivity contribution in [2.75, 3.05) is 7.05 Å². The Bertz CT molecular complexity index is 678. The molecule has 0 saturated carbocycles. The van der Waals surface area contributed by atoms with Gasteiger partial charge in [0.05, 0.1) is 6.04 Å². The molecule has 3 nitrogen and oxygen atoms in total. The van der Waals surface area contributed by atoms with Crippen molar-refractivity contribution in [1.29, 1.82) is 0 Å². The number of benzene rings is 2. The van der Waals surface area contributed by atoms with Gasteiger partial charge in [0, 0.05) is 18.1 Å². The molecule has 0 heterocycles. The first kappa shape index (κ1) is 17.4. The first-order valence-corrected chi connectivity index (χ1v) is 7.81. The number of carbonyl (C=O) groups excluding carboxylic acids is 1. The Morgan fingerprint density at radius 3 is 2.70 bits per heavy atom. The zero-order valence-corrected chi connectivity index (χ0v) is 14.0. The number of hydrogen-bond donors (Lipinski definition) is 1. The van der Waals surface area contributed by atoms with Crippen LogP contribution in [-0.4, -0.2) is 23.9 Å². The van der Waals surface area contributed by atoms with Gasteiger partial charge < -0.3 is 5.32 Å². The third-order valence-electron chi connectivity index (χ3n) is 3.77. The standard InChI is InChI=1S/C18H20ClFN2O/c1-13(22(2)12-14-6-5-8-16(20)10-14)18(23)21-11-15-7-3-4-9-17(15)19/h3-10,13H,11-12H2,1-2H3,(H,21,23). The third kappa shape index (κ3) is 5.05. The summed E-state index contributed by atoms with van der Waals surface area (Å²) in [4.78, 5) is 14.1. The molecule has 0 aromatic heterocycles. The van der Waals surface area contributed by atoms with Crippen LogP contribution in [0.25, 0.3) is 0 Å². The van der Waals surface area contributed by atoms with E-state index in [0.29, 0.717) is 18.1 Å². The lowest BCUT2D eigenvalue weighted by Crippen LogP contribution is -2.42. The SMILES string of the molecule is CC(C(=O)NCc1ccccc1Cl)N(C)Cc1cccc(F)c1. The van der Waals surface area contributed by atoms with Gasteiger partial charge >= 0.3 is 0 Å². The first-order valence-electron chi connectivity index (χ1n) is 7.43. The fourth-order valence-electron chi connectivity index (χ4n) is 2.23. The van der Waals surface area contributed by atoms with Crippen LogP contribution in [0.5, 0.6) is 0 Å². The summed E-state index contributed by atoms with van der Waals surface area (Å²) in [7, 11) is 1.84. The number of nitrogens with one attached hydrogen (secondary N) is 1. The van der Waals surface area contributed by atoms with E-state index in [4.69, 9.17) is 11.6 Å². The molecule has 2 aromatic carbocycles. The average molecular weight is 335 g/mol. The predicted molar refractivity (Wildman–Crippen MR) is 90.6 cm³/mol. The molecule has 0 saturated heterocycles. The first-order chi connectivity index (χ1) is 11.0. The molecule has 1 amide bonds. The van der Waals surface area contributed by atoms with E-state index in [1.54, 1.807) is 12.1 Å². The van der Waals surface area contributed by atoms with E-state index in [1.165, 1.54) is 12.1 Å². The minimum absolute atomic E-state index is 0.0937. The highest BCUT2D eigenvalue weighted by molar-refractivity contribution is 6.31. The summed E-state index contributed by atoms with van der Waals surface area (Å²) in [5, 5.41) is 3.51. The van der Waals surface area contributed by atoms with E-state index in [1.807, 2.05) is 43.1 Å². The Hall–Kier alpha value is -1.91. The molecule has 2 aromatic rings. The second-order valence-electron chi connectivity index (χ2n) is 5.53. The van der Waals surface area contributed by atoms with Gasteiger partial charge in [-0.15, -0.1) is 0 Å². The van der Waals surface area contributed by atoms with Crippen LogP contribution >= 0.6 is 11.6 Å².